The Kier molecular flexibility index (Phi) is 3.58. The lowest BCUT2D eigenvalue weighted by molar-refractivity contribution is -0.0503. The van der Waals surface area contributed by atoms with Gasteiger partial charge in [-0.2, -0.15) is 0 Å². The van der Waals surface area contributed by atoms with E-state index in [1.165, 1.54) is 6.42 Å². The van der Waals surface area contributed by atoms with Crippen molar-refractivity contribution in [2.24, 2.45) is 11.3 Å². The highest BCUT2D eigenvalue weighted by molar-refractivity contribution is 5.68. The van der Waals surface area contributed by atoms with E-state index >= 15 is 0 Å². The van der Waals surface area contributed by atoms with Crippen molar-refractivity contribution in [1.82, 2.24) is 4.90 Å². The summed E-state index contributed by atoms with van der Waals surface area (Å²) in [6.45, 7) is 7.59. The lowest BCUT2D eigenvalue weighted by atomic mass is 9.59. The molecule has 0 unspecified atom stereocenters. The fourth-order valence-corrected chi connectivity index (χ4v) is 3.32. The van der Waals surface area contributed by atoms with Crippen LogP contribution in [-0.4, -0.2) is 41.4 Å². The van der Waals surface area contributed by atoms with Crippen LogP contribution in [0, 0.1) is 11.3 Å². The van der Waals surface area contributed by atoms with E-state index in [1.807, 2.05) is 25.7 Å². The molecule has 1 saturated carbocycles. The van der Waals surface area contributed by atoms with Gasteiger partial charge in [-0.1, -0.05) is 0 Å². The molecular weight excluding hydrogens is 230 g/mol. The number of nitrogens with zero attached hydrogens (tertiary/aromatic N) is 1. The van der Waals surface area contributed by atoms with Gasteiger partial charge in [-0.3, -0.25) is 0 Å². The molecule has 1 heterocycles. The first-order valence-corrected chi connectivity index (χ1v) is 6.92. The van der Waals surface area contributed by atoms with E-state index in [0.717, 1.165) is 32.4 Å². The summed E-state index contributed by atoms with van der Waals surface area (Å²) in [5.41, 5.74) is -0.155. The van der Waals surface area contributed by atoms with Crippen LogP contribution in [0.2, 0.25) is 0 Å². The van der Waals surface area contributed by atoms with Crippen molar-refractivity contribution in [2.75, 3.05) is 19.7 Å². The first-order valence-electron chi connectivity index (χ1n) is 6.92. The second-order valence-electron chi connectivity index (χ2n) is 6.96. The van der Waals surface area contributed by atoms with E-state index in [4.69, 9.17) is 9.84 Å². The number of carbonyl (C=O) groups excluding carboxylic acids is 1. The van der Waals surface area contributed by atoms with Crippen molar-refractivity contribution >= 4 is 6.09 Å². The van der Waals surface area contributed by atoms with Crippen LogP contribution >= 0.6 is 0 Å². The van der Waals surface area contributed by atoms with Crippen LogP contribution in [0.4, 0.5) is 4.79 Å². The normalized spacial score (nSPS) is 32.2. The number of hydrogen-bond acceptors (Lipinski definition) is 3. The fourth-order valence-electron chi connectivity index (χ4n) is 3.32. The second kappa shape index (κ2) is 4.72. The summed E-state index contributed by atoms with van der Waals surface area (Å²) in [5, 5.41) is 9.12. The van der Waals surface area contributed by atoms with E-state index in [-0.39, 0.29) is 18.1 Å². The number of amides is 1. The molecule has 2 fully saturated rings. The van der Waals surface area contributed by atoms with Crippen molar-refractivity contribution in [1.29, 1.82) is 0 Å². The molecule has 0 bridgehead atoms. The molecule has 104 valence electrons. The Labute approximate surface area is 109 Å². The van der Waals surface area contributed by atoms with Gasteiger partial charge in [0.2, 0.25) is 0 Å². The van der Waals surface area contributed by atoms with Crippen molar-refractivity contribution in [3.63, 3.8) is 0 Å². The zero-order chi connectivity index (χ0) is 13.4. The minimum Gasteiger partial charge on any atom is -0.444 e. The predicted molar refractivity (Wildman–Crippen MR) is 69.3 cm³/mol. The quantitative estimate of drug-likeness (QED) is 0.782. The summed E-state index contributed by atoms with van der Waals surface area (Å²) >= 11 is 0. The zero-order valence-electron chi connectivity index (χ0n) is 11.7. The van der Waals surface area contributed by atoms with E-state index in [2.05, 4.69) is 0 Å². The summed E-state index contributed by atoms with van der Waals surface area (Å²) in [5.74, 6) is 0.448. The van der Waals surface area contributed by atoms with Crippen LogP contribution in [0.25, 0.3) is 0 Å². The van der Waals surface area contributed by atoms with E-state index in [9.17, 15) is 4.79 Å². The topological polar surface area (TPSA) is 49.8 Å². The number of carbonyl (C=O) groups is 1. The molecule has 1 spiro atoms. The molecule has 0 aromatic rings. The molecule has 2 aliphatic rings. The number of rotatable bonds is 1. The molecule has 0 aromatic carbocycles. The first kappa shape index (κ1) is 13.7. The summed E-state index contributed by atoms with van der Waals surface area (Å²) in [4.78, 5) is 13.9. The molecule has 1 aliphatic carbocycles. The van der Waals surface area contributed by atoms with Crippen LogP contribution in [0.15, 0.2) is 0 Å². The second-order valence-corrected chi connectivity index (χ2v) is 6.96. The lowest BCUT2D eigenvalue weighted by Gasteiger charge is -2.52. The molecule has 1 N–H and O–H groups in total. The molecule has 1 aliphatic heterocycles. The summed E-state index contributed by atoms with van der Waals surface area (Å²) in [7, 11) is 0. The van der Waals surface area contributed by atoms with Crippen LogP contribution in [-0.2, 0) is 4.74 Å². The summed E-state index contributed by atoms with van der Waals surface area (Å²) in [6, 6.07) is 0. The maximum Gasteiger partial charge on any atom is 0.410 e. The van der Waals surface area contributed by atoms with Gasteiger partial charge in [-0.25, -0.2) is 4.79 Å². The number of ether oxygens (including phenoxy) is 1. The molecule has 0 atom stereocenters. The van der Waals surface area contributed by atoms with Gasteiger partial charge in [0, 0.05) is 19.7 Å². The molecule has 4 nitrogen and oxygen atoms in total. The van der Waals surface area contributed by atoms with Gasteiger partial charge >= 0.3 is 6.09 Å². The third-order valence-corrected chi connectivity index (χ3v) is 4.01. The highest BCUT2D eigenvalue weighted by Gasteiger charge is 2.47. The van der Waals surface area contributed by atoms with Gasteiger partial charge in [-0.05, 0) is 57.8 Å². The fraction of sp³-hybridized carbons (Fsp3) is 0.929. The van der Waals surface area contributed by atoms with Gasteiger partial charge < -0.3 is 14.7 Å². The molecule has 1 amide bonds. The first-order chi connectivity index (χ1) is 8.34. The molecule has 0 aromatic heterocycles. The van der Waals surface area contributed by atoms with Gasteiger partial charge in [0.15, 0.2) is 0 Å². The Morgan fingerprint density at radius 2 is 2.11 bits per heavy atom. The van der Waals surface area contributed by atoms with Gasteiger partial charge in [0.1, 0.15) is 5.60 Å². The van der Waals surface area contributed by atoms with Gasteiger partial charge in [0.25, 0.3) is 0 Å². The van der Waals surface area contributed by atoms with Crippen LogP contribution < -0.4 is 0 Å². The maximum absolute atomic E-state index is 12.0. The molecule has 0 radical (unpaired) electrons. The number of aliphatic hydroxyl groups is 1. The summed E-state index contributed by atoms with van der Waals surface area (Å²) < 4.78 is 5.43. The predicted octanol–water partition coefficient (Wildman–Crippen LogP) is 2.41. The number of piperidine rings is 1. The van der Waals surface area contributed by atoms with E-state index < -0.39 is 5.60 Å². The van der Waals surface area contributed by atoms with Crippen LogP contribution in [0.5, 0.6) is 0 Å². The van der Waals surface area contributed by atoms with E-state index in [1.54, 1.807) is 0 Å². The number of likely N-dealkylation sites (tertiary alicyclic amines) is 1. The molecular formula is C14H25NO3. The molecule has 4 heteroatoms. The van der Waals surface area contributed by atoms with Crippen LogP contribution in [0.1, 0.15) is 46.5 Å². The minimum atomic E-state index is -0.422. The van der Waals surface area contributed by atoms with Crippen molar-refractivity contribution in [3.8, 4) is 0 Å². The van der Waals surface area contributed by atoms with Crippen molar-refractivity contribution in [3.05, 3.63) is 0 Å². The summed E-state index contributed by atoms with van der Waals surface area (Å²) in [6.07, 6.45) is 4.17. The standard InChI is InChI=1S/C14H25NO3/c1-13(2,3)18-12(17)15-6-4-5-14(10-15)7-11(8-14)9-16/h11,16H,4-10H2,1-3H3. The largest absolute Gasteiger partial charge is 0.444 e. The van der Waals surface area contributed by atoms with Crippen molar-refractivity contribution < 1.29 is 14.6 Å². The minimum absolute atomic E-state index is 0.186. The average Bonchev–Trinajstić information content (AvgIpc) is 2.23. The Balaban J connectivity index is 1.90. The molecule has 2 rings (SSSR count). The number of hydrogen-bond donors (Lipinski definition) is 1. The zero-order valence-corrected chi connectivity index (χ0v) is 11.7. The van der Waals surface area contributed by atoms with E-state index in [0.29, 0.717) is 5.92 Å². The van der Waals surface area contributed by atoms with Gasteiger partial charge in [-0.15, -0.1) is 0 Å². The monoisotopic (exact) mass is 255 g/mol. The molecule has 18 heavy (non-hydrogen) atoms. The Hall–Kier alpha value is -0.770. The Morgan fingerprint density at radius 3 is 2.67 bits per heavy atom. The Bertz CT molecular complexity index is 315. The Morgan fingerprint density at radius 1 is 1.44 bits per heavy atom. The average molecular weight is 255 g/mol. The highest BCUT2D eigenvalue weighted by atomic mass is 16.6. The van der Waals surface area contributed by atoms with Gasteiger partial charge in [0.05, 0.1) is 0 Å². The maximum atomic E-state index is 12.0. The third kappa shape index (κ3) is 2.97. The molecule has 1 saturated heterocycles. The van der Waals surface area contributed by atoms with Crippen molar-refractivity contribution in [2.45, 2.75) is 52.1 Å². The SMILES string of the molecule is CC(C)(C)OC(=O)N1CCCC2(CC(CO)C2)C1. The number of aliphatic hydroxyl groups excluding tert-OH is 1. The lowest BCUT2D eigenvalue weighted by Crippen LogP contribution is -2.53. The van der Waals surface area contributed by atoms with Crippen LogP contribution in [0.3, 0.4) is 0 Å². The third-order valence-electron chi connectivity index (χ3n) is 4.01. The smallest absolute Gasteiger partial charge is 0.410 e. The highest BCUT2D eigenvalue weighted by Crippen LogP contribution is 2.51.